The van der Waals surface area contributed by atoms with Crippen molar-refractivity contribution in [3.05, 3.63) is 30.3 Å². The Labute approximate surface area is 193 Å². The van der Waals surface area contributed by atoms with Gasteiger partial charge in [0.05, 0.1) is 4.90 Å². The average Bonchev–Trinajstić information content (AvgIpc) is 3.00. The van der Waals surface area contributed by atoms with Gasteiger partial charge in [-0.25, -0.2) is 18.7 Å². The Morgan fingerprint density at radius 2 is 1.66 bits per heavy atom. The second-order valence-corrected chi connectivity index (χ2v) is 11.6. The van der Waals surface area contributed by atoms with Crippen molar-refractivity contribution in [2.24, 2.45) is 11.8 Å². The summed E-state index contributed by atoms with van der Waals surface area (Å²) in [6, 6.07) is 8.39. The predicted molar refractivity (Wildman–Crippen MR) is 124 cm³/mol. The highest BCUT2D eigenvalue weighted by molar-refractivity contribution is 7.93. The van der Waals surface area contributed by atoms with E-state index in [0.717, 1.165) is 51.4 Å². The number of hydrogen-bond acceptors (Lipinski definition) is 5. The minimum absolute atomic E-state index is 0.199. The number of rotatable bonds is 9. The summed E-state index contributed by atoms with van der Waals surface area (Å²) >= 11 is 0. The Bertz CT molecular complexity index is 804. The summed E-state index contributed by atoms with van der Waals surface area (Å²) in [6.45, 7) is 4.94. The first-order chi connectivity index (χ1) is 15.4. The van der Waals surface area contributed by atoms with Crippen LogP contribution in [0.4, 0.5) is 0 Å². The van der Waals surface area contributed by atoms with Gasteiger partial charge >= 0.3 is 0 Å². The van der Waals surface area contributed by atoms with Crippen LogP contribution in [0.2, 0.25) is 0 Å². The van der Waals surface area contributed by atoms with Crippen molar-refractivity contribution in [3.63, 3.8) is 0 Å². The van der Waals surface area contributed by atoms with Crippen LogP contribution in [0.5, 0.6) is 0 Å². The molecule has 6 nitrogen and oxygen atoms in total. The fourth-order valence-electron chi connectivity index (χ4n) is 5.39. The number of benzene rings is 1. The standard InChI is InChI=1S/C25H39NO5S/c1-3-10-20-15-17-25(18-16-21(20)11-4-2,32(28,29)22-12-6-5-7-13-22)24(27)26-31-23-14-8-9-19-30-23/h5-7,12-13,20-21,23H,3-4,8-11,14-19H2,1-2H3,(H,26,27). The Morgan fingerprint density at radius 1 is 1.03 bits per heavy atom. The van der Waals surface area contributed by atoms with Gasteiger partial charge in [0.25, 0.3) is 5.91 Å². The zero-order valence-electron chi connectivity index (χ0n) is 19.6. The van der Waals surface area contributed by atoms with Gasteiger partial charge in [-0.15, -0.1) is 0 Å². The largest absolute Gasteiger partial charge is 0.350 e. The highest BCUT2D eigenvalue weighted by Crippen LogP contribution is 2.44. The summed E-state index contributed by atoms with van der Waals surface area (Å²) in [5.74, 6) is 0.342. The van der Waals surface area contributed by atoms with Crippen LogP contribution in [0, 0.1) is 11.8 Å². The second-order valence-electron chi connectivity index (χ2n) is 9.33. The van der Waals surface area contributed by atoms with Gasteiger partial charge in [0, 0.05) is 13.0 Å². The molecule has 2 aliphatic rings. The third kappa shape index (κ3) is 5.54. The Hall–Kier alpha value is -1.44. The molecule has 180 valence electrons. The van der Waals surface area contributed by atoms with Gasteiger partial charge in [0.1, 0.15) is 0 Å². The van der Waals surface area contributed by atoms with Crippen LogP contribution in [-0.4, -0.2) is 32.0 Å². The lowest BCUT2D eigenvalue weighted by Crippen LogP contribution is -2.53. The molecule has 1 aliphatic heterocycles. The number of nitrogens with one attached hydrogen (secondary N) is 1. The molecule has 1 saturated carbocycles. The van der Waals surface area contributed by atoms with Gasteiger partial charge in [0.15, 0.2) is 20.9 Å². The van der Waals surface area contributed by atoms with E-state index in [1.165, 1.54) is 0 Å². The molecule has 1 aromatic rings. The average molecular weight is 466 g/mol. The molecule has 0 radical (unpaired) electrons. The first-order valence-electron chi connectivity index (χ1n) is 12.3. The molecule has 1 aromatic carbocycles. The molecule has 3 atom stereocenters. The SMILES string of the molecule is CCCC1CCC(C(=O)NOC2CCCCO2)(S(=O)(=O)c2ccccc2)CCC1CCC. The Kier molecular flexibility index (Phi) is 9.14. The molecule has 0 aromatic heterocycles. The van der Waals surface area contributed by atoms with Crippen LogP contribution in [0.1, 0.15) is 84.5 Å². The van der Waals surface area contributed by atoms with Crippen LogP contribution >= 0.6 is 0 Å². The van der Waals surface area contributed by atoms with Crippen molar-refractivity contribution in [1.82, 2.24) is 5.48 Å². The fourth-order valence-corrected chi connectivity index (χ4v) is 7.42. The van der Waals surface area contributed by atoms with E-state index in [1.807, 2.05) is 0 Å². The molecule has 3 unspecified atom stereocenters. The maximum absolute atomic E-state index is 13.9. The summed E-state index contributed by atoms with van der Waals surface area (Å²) in [6.07, 6.45) is 8.48. The van der Waals surface area contributed by atoms with E-state index < -0.39 is 26.8 Å². The van der Waals surface area contributed by atoms with E-state index in [-0.39, 0.29) is 4.90 Å². The lowest BCUT2D eigenvalue weighted by atomic mass is 9.82. The van der Waals surface area contributed by atoms with E-state index >= 15 is 0 Å². The Balaban J connectivity index is 1.91. The molecule has 1 saturated heterocycles. The third-order valence-corrected chi connectivity index (χ3v) is 9.74. The van der Waals surface area contributed by atoms with Crippen molar-refractivity contribution in [2.75, 3.05) is 6.61 Å². The molecule has 0 spiro atoms. The van der Waals surface area contributed by atoms with Crippen molar-refractivity contribution >= 4 is 15.7 Å². The molecule has 1 aliphatic carbocycles. The zero-order chi connectivity index (χ0) is 23.0. The molecule has 1 N–H and O–H groups in total. The van der Waals surface area contributed by atoms with Crippen molar-refractivity contribution < 1.29 is 22.8 Å². The molecule has 2 fully saturated rings. The van der Waals surface area contributed by atoms with Crippen LogP contribution in [0.25, 0.3) is 0 Å². The van der Waals surface area contributed by atoms with Crippen LogP contribution in [0.15, 0.2) is 35.2 Å². The fraction of sp³-hybridized carbons (Fsp3) is 0.720. The normalized spacial score (nSPS) is 29.2. The zero-order valence-corrected chi connectivity index (χ0v) is 20.4. The van der Waals surface area contributed by atoms with Crippen molar-refractivity contribution in [3.8, 4) is 0 Å². The summed E-state index contributed by atoms with van der Waals surface area (Å²) in [5, 5.41) is 0. The smallest absolute Gasteiger partial charge is 0.265 e. The van der Waals surface area contributed by atoms with Crippen molar-refractivity contribution in [1.29, 1.82) is 0 Å². The maximum atomic E-state index is 13.9. The third-order valence-electron chi connectivity index (χ3n) is 7.23. The van der Waals surface area contributed by atoms with Crippen LogP contribution < -0.4 is 5.48 Å². The number of carbonyl (C=O) groups is 1. The predicted octanol–water partition coefficient (Wildman–Crippen LogP) is 5.18. The second kappa shape index (κ2) is 11.6. The molecule has 7 heteroatoms. The number of amides is 1. The molecular weight excluding hydrogens is 426 g/mol. The van der Waals surface area contributed by atoms with Gasteiger partial charge in [-0.1, -0.05) is 57.7 Å². The monoisotopic (exact) mass is 465 g/mol. The van der Waals surface area contributed by atoms with E-state index in [2.05, 4.69) is 19.3 Å². The lowest BCUT2D eigenvalue weighted by Gasteiger charge is -2.32. The first-order valence-corrected chi connectivity index (χ1v) is 13.8. The van der Waals surface area contributed by atoms with Gasteiger partial charge in [-0.3, -0.25) is 4.79 Å². The van der Waals surface area contributed by atoms with Gasteiger partial charge < -0.3 is 4.74 Å². The van der Waals surface area contributed by atoms with E-state index in [1.54, 1.807) is 30.3 Å². The van der Waals surface area contributed by atoms with Crippen molar-refractivity contribution in [2.45, 2.75) is 100 Å². The van der Waals surface area contributed by atoms with Gasteiger partial charge in [-0.05, 0) is 62.5 Å². The lowest BCUT2D eigenvalue weighted by molar-refractivity contribution is -0.201. The number of ether oxygens (including phenoxy) is 1. The minimum Gasteiger partial charge on any atom is -0.350 e. The highest BCUT2D eigenvalue weighted by Gasteiger charge is 2.53. The molecule has 1 heterocycles. The molecule has 0 bridgehead atoms. The summed E-state index contributed by atoms with van der Waals surface area (Å²) < 4.78 is 31.9. The minimum atomic E-state index is -3.91. The van der Waals surface area contributed by atoms with Gasteiger partial charge in [-0.2, -0.15) is 0 Å². The summed E-state index contributed by atoms with van der Waals surface area (Å²) in [4.78, 5) is 19.4. The highest BCUT2D eigenvalue weighted by atomic mass is 32.2. The molecular formula is C25H39NO5S. The van der Waals surface area contributed by atoms with Crippen LogP contribution in [0.3, 0.4) is 0 Å². The topological polar surface area (TPSA) is 81.7 Å². The summed E-state index contributed by atoms with van der Waals surface area (Å²) in [5.41, 5.74) is 2.52. The van der Waals surface area contributed by atoms with Crippen LogP contribution in [-0.2, 0) is 24.2 Å². The number of sulfone groups is 1. The molecule has 1 amide bonds. The van der Waals surface area contributed by atoms with Gasteiger partial charge in [0.2, 0.25) is 0 Å². The number of hydroxylamine groups is 1. The molecule has 32 heavy (non-hydrogen) atoms. The maximum Gasteiger partial charge on any atom is 0.265 e. The number of carbonyl (C=O) groups excluding carboxylic acids is 1. The number of hydrogen-bond donors (Lipinski definition) is 1. The summed E-state index contributed by atoms with van der Waals surface area (Å²) in [7, 11) is -3.91. The first kappa shape index (κ1) is 25.2. The molecule has 3 rings (SSSR count). The van der Waals surface area contributed by atoms with E-state index in [4.69, 9.17) is 9.57 Å². The van der Waals surface area contributed by atoms with E-state index in [0.29, 0.717) is 37.7 Å². The Morgan fingerprint density at radius 3 is 2.19 bits per heavy atom. The quantitative estimate of drug-likeness (QED) is 0.401. The van der Waals surface area contributed by atoms with E-state index in [9.17, 15) is 13.2 Å².